The predicted molar refractivity (Wildman–Crippen MR) is 106 cm³/mol. The van der Waals surface area contributed by atoms with E-state index in [0.717, 1.165) is 12.1 Å². The molecule has 0 spiro atoms. The van der Waals surface area contributed by atoms with Crippen molar-refractivity contribution in [2.45, 2.75) is 6.10 Å². The van der Waals surface area contributed by atoms with Gasteiger partial charge in [0, 0.05) is 24.4 Å². The van der Waals surface area contributed by atoms with E-state index >= 15 is 0 Å². The zero-order chi connectivity index (χ0) is 21.1. The molecule has 0 radical (unpaired) electrons. The molecule has 1 amide bonds. The third-order valence-corrected chi connectivity index (χ3v) is 4.49. The summed E-state index contributed by atoms with van der Waals surface area (Å²) in [5.74, 6) is -0.813. The Morgan fingerprint density at radius 3 is 2.77 bits per heavy atom. The summed E-state index contributed by atoms with van der Waals surface area (Å²) in [7, 11) is 1.56. The van der Waals surface area contributed by atoms with Crippen LogP contribution in [-0.2, 0) is 0 Å². The van der Waals surface area contributed by atoms with E-state index in [1.54, 1.807) is 31.3 Å². The number of benzene rings is 2. The molecule has 0 bridgehead atoms. The van der Waals surface area contributed by atoms with Crippen molar-refractivity contribution in [3.8, 4) is 5.75 Å². The first kappa shape index (κ1) is 19.5. The topological polar surface area (TPSA) is 92.3 Å². The van der Waals surface area contributed by atoms with Gasteiger partial charge in [-0.25, -0.2) is 18.7 Å². The average molecular weight is 412 g/mol. The van der Waals surface area contributed by atoms with Crippen LogP contribution in [0, 0.1) is 11.6 Å². The number of rotatable bonds is 6. The number of hydrogen-bond donors (Lipinski definition) is 2. The molecular weight excluding hydrogens is 394 g/mol. The highest BCUT2D eigenvalue weighted by Gasteiger charge is 2.31. The summed E-state index contributed by atoms with van der Waals surface area (Å²) in [6, 6.07) is 10.1. The van der Waals surface area contributed by atoms with Crippen LogP contribution in [0.25, 0.3) is 0 Å². The molecule has 154 valence electrons. The van der Waals surface area contributed by atoms with Crippen molar-refractivity contribution >= 4 is 23.5 Å². The Morgan fingerprint density at radius 1 is 1.17 bits per heavy atom. The lowest BCUT2D eigenvalue weighted by molar-refractivity contribution is 0.0963. The van der Waals surface area contributed by atoms with Gasteiger partial charge in [-0.2, -0.15) is 4.98 Å². The first-order valence-electron chi connectivity index (χ1n) is 9.16. The van der Waals surface area contributed by atoms with Gasteiger partial charge in [0.05, 0.1) is 13.1 Å². The largest absolute Gasteiger partial charge is 0.484 e. The van der Waals surface area contributed by atoms with Gasteiger partial charge in [0.1, 0.15) is 18.2 Å². The van der Waals surface area contributed by atoms with E-state index in [9.17, 15) is 13.6 Å². The standard InChI is InChI=1S/C20H18F2N6O2/c1-23-18(29)12-3-2-4-14(7-12)26-19-24-11-25-20(27-19)28-9-15(10-28)30-17-6-5-13(21)8-16(17)22/h2-8,11,15H,9-10H2,1H3,(H,23,29)(H,24,25,26,27). The van der Waals surface area contributed by atoms with Gasteiger partial charge >= 0.3 is 0 Å². The predicted octanol–water partition coefficient (Wildman–Crippen LogP) is 2.52. The van der Waals surface area contributed by atoms with Crippen molar-refractivity contribution < 1.29 is 18.3 Å². The Hall–Kier alpha value is -3.82. The van der Waals surface area contributed by atoms with E-state index in [2.05, 4.69) is 25.6 Å². The summed E-state index contributed by atoms with van der Waals surface area (Å²) in [6.45, 7) is 0.902. The number of carbonyl (C=O) groups is 1. The molecule has 8 nitrogen and oxygen atoms in total. The van der Waals surface area contributed by atoms with Crippen LogP contribution >= 0.6 is 0 Å². The van der Waals surface area contributed by atoms with Gasteiger partial charge < -0.3 is 20.3 Å². The van der Waals surface area contributed by atoms with Gasteiger partial charge in [-0.3, -0.25) is 4.79 Å². The molecule has 0 atom stereocenters. The minimum absolute atomic E-state index is 0.00931. The van der Waals surface area contributed by atoms with Crippen LogP contribution < -0.4 is 20.3 Å². The molecule has 1 aliphatic rings. The molecule has 1 aromatic heterocycles. The van der Waals surface area contributed by atoms with Gasteiger partial charge in [0.15, 0.2) is 11.6 Å². The number of nitrogens with zero attached hydrogens (tertiary/aromatic N) is 4. The molecule has 2 heterocycles. The van der Waals surface area contributed by atoms with Crippen molar-refractivity contribution in [3.63, 3.8) is 0 Å². The zero-order valence-electron chi connectivity index (χ0n) is 16.0. The fourth-order valence-corrected chi connectivity index (χ4v) is 2.94. The van der Waals surface area contributed by atoms with Gasteiger partial charge in [0.2, 0.25) is 11.9 Å². The van der Waals surface area contributed by atoms with Crippen LogP contribution in [0.2, 0.25) is 0 Å². The smallest absolute Gasteiger partial charge is 0.251 e. The molecule has 30 heavy (non-hydrogen) atoms. The van der Waals surface area contributed by atoms with E-state index in [-0.39, 0.29) is 17.8 Å². The first-order valence-corrected chi connectivity index (χ1v) is 9.16. The van der Waals surface area contributed by atoms with Gasteiger partial charge in [-0.15, -0.1) is 0 Å². The van der Waals surface area contributed by atoms with Crippen molar-refractivity contribution in [1.29, 1.82) is 0 Å². The second-order valence-electron chi connectivity index (χ2n) is 6.61. The summed E-state index contributed by atoms with van der Waals surface area (Å²) in [4.78, 5) is 26.2. The molecule has 1 saturated heterocycles. The summed E-state index contributed by atoms with van der Waals surface area (Å²) < 4.78 is 32.2. The summed E-state index contributed by atoms with van der Waals surface area (Å²) in [5, 5.41) is 5.62. The maximum atomic E-state index is 13.7. The summed E-state index contributed by atoms with van der Waals surface area (Å²) in [5.41, 5.74) is 1.16. The normalized spacial score (nSPS) is 13.5. The van der Waals surface area contributed by atoms with E-state index < -0.39 is 11.6 Å². The number of ether oxygens (including phenoxy) is 1. The number of halogens is 2. The average Bonchev–Trinajstić information content (AvgIpc) is 2.71. The number of aromatic nitrogens is 3. The van der Waals surface area contributed by atoms with Gasteiger partial charge in [0.25, 0.3) is 5.91 Å². The molecule has 0 aliphatic carbocycles. The van der Waals surface area contributed by atoms with Crippen LogP contribution in [0.15, 0.2) is 48.8 Å². The van der Waals surface area contributed by atoms with Crippen molar-refractivity contribution in [2.24, 2.45) is 0 Å². The minimum Gasteiger partial charge on any atom is -0.484 e. The Morgan fingerprint density at radius 2 is 2.00 bits per heavy atom. The van der Waals surface area contributed by atoms with E-state index in [4.69, 9.17) is 4.74 Å². The molecular formula is C20H18F2N6O2. The minimum atomic E-state index is -0.737. The zero-order valence-corrected chi connectivity index (χ0v) is 16.0. The summed E-state index contributed by atoms with van der Waals surface area (Å²) in [6.07, 6.45) is 1.11. The SMILES string of the molecule is CNC(=O)c1cccc(Nc2ncnc(N3CC(Oc4ccc(F)cc4F)C3)n2)c1. The molecule has 3 aromatic rings. The lowest BCUT2D eigenvalue weighted by atomic mass is 10.2. The third kappa shape index (κ3) is 4.27. The van der Waals surface area contributed by atoms with Gasteiger partial charge in [-0.05, 0) is 30.3 Å². The Bertz CT molecular complexity index is 1070. The van der Waals surface area contributed by atoms with E-state index in [0.29, 0.717) is 36.2 Å². The maximum Gasteiger partial charge on any atom is 0.251 e. The van der Waals surface area contributed by atoms with Crippen LogP contribution in [-0.4, -0.2) is 47.1 Å². The maximum absolute atomic E-state index is 13.7. The van der Waals surface area contributed by atoms with Crippen molar-refractivity contribution in [1.82, 2.24) is 20.3 Å². The molecule has 4 rings (SSSR count). The second-order valence-corrected chi connectivity index (χ2v) is 6.61. The Kier molecular flexibility index (Phi) is 5.38. The first-order chi connectivity index (χ1) is 14.5. The molecule has 1 aliphatic heterocycles. The molecule has 10 heteroatoms. The monoisotopic (exact) mass is 412 g/mol. The quantitative estimate of drug-likeness (QED) is 0.643. The highest BCUT2D eigenvalue weighted by atomic mass is 19.1. The molecule has 0 unspecified atom stereocenters. The summed E-state index contributed by atoms with van der Waals surface area (Å²) >= 11 is 0. The lowest BCUT2D eigenvalue weighted by Gasteiger charge is -2.38. The fraction of sp³-hybridized carbons (Fsp3) is 0.200. The van der Waals surface area contributed by atoms with Crippen molar-refractivity contribution in [3.05, 3.63) is 66.0 Å². The molecule has 1 fully saturated rings. The molecule has 0 saturated carbocycles. The Balaban J connectivity index is 1.38. The number of hydrogen-bond acceptors (Lipinski definition) is 7. The highest BCUT2D eigenvalue weighted by molar-refractivity contribution is 5.95. The number of anilines is 3. The molecule has 2 aromatic carbocycles. The fourth-order valence-electron chi connectivity index (χ4n) is 2.94. The Labute approximate surface area is 170 Å². The van der Waals surface area contributed by atoms with Crippen molar-refractivity contribution in [2.75, 3.05) is 30.4 Å². The lowest BCUT2D eigenvalue weighted by Crippen LogP contribution is -2.54. The van der Waals surface area contributed by atoms with E-state index in [1.165, 1.54) is 12.4 Å². The second kappa shape index (κ2) is 8.27. The van der Waals surface area contributed by atoms with Gasteiger partial charge in [-0.1, -0.05) is 6.07 Å². The highest BCUT2D eigenvalue weighted by Crippen LogP contribution is 2.25. The number of nitrogens with one attached hydrogen (secondary N) is 2. The third-order valence-electron chi connectivity index (χ3n) is 4.49. The van der Waals surface area contributed by atoms with Crippen LogP contribution in [0.1, 0.15) is 10.4 Å². The van der Waals surface area contributed by atoms with E-state index in [1.807, 2.05) is 4.90 Å². The number of carbonyl (C=O) groups excluding carboxylic acids is 1. The van der Waals surface area contributed by atoms with Crippen LogP contribution in [0.4, 0.5) is 26.4 Å². The number of amides is 1. The van der Waals surface area contributed by atoms with Crippen LogP contribution in [0.3, 0.4) is 0 Å². The van der Waals surface area contributed by atoms with Crippen LogP contribution in [0.5, 0.6) is 5.75 Å². The molecule has 2 N–H and O–H groups in total.